The van der Waals surface area contributed by atoms with E-state index >= 15 is 0 Å². The lowest BCUT2D eigenvalue weighted by molar-refractivity contribution is -0.136. The van der Waals surface area contributed by atoms with Crippen LogP contribution in [0, 0.1) is 0 Å². The molecule has 1 aliphatic rings. The molecule has 24 heavy (non-hydrogen) atoms. The maximum Gasteiger partial charge on any atom is 0.329 e. The standard InChI is InChI=1S/C17H22ClN3O3/c1-24-15-10-9-13(11-14(15)18)19-16(22)17(23)21-20-12-7-5-3-2-4-6-8-12/h9-11H,2-8H2,1H3,(H,19,22)(H,21,23). The number of halogens is 1. The molecule has 2 N–H and O–H groups in total. The molecule has 7 heteroatoms. The van der Waals surface area contributed by atoms with E-state index < -0.39 is 11.8 Å². The summed E-state index contributed by atoms with van der Waals surface area (Å²) in [6, 6.07) is 4.74. The molecule has 130 valence electrons. The van der Waals surface area contributed by atoms with Crippen molar-refractivity contribution < 1.29 is 14.3 Å². The Bertz CT molecular complexity index is 622. The van der Waals surface area contributed by atoms with Crippen molar-refractivity contribution in [3.8, 4) is 5.75 Å². The van der Waals surface area contributed by atoms with Crippen molar-refractivity contribution in [2.45, 2.75) is 44.9 Å². The highest BCUT2D eigenvalue weighted by Crippen LogP contribution is 2.27. The van der Waals surface area contributed by atoms with Crippen molar-refractivity contribution in [1.82, 2.24) is 5.43 Å². The first kappa shape index (κ1) is 18.3. The normalized spacial score (nSPS) is 15.0. The van der Waals surface area contributed by atoms with Gasteiger partial charge in [0.2, 0.25) is 0 Å². The zero-order chi connectivity index (χ0) is 17.4. The largest absolute Gasteiger partial charge is 0.495 e. The Hall–Kier alpha value is -2.08. The Morgan fingerprint density at radius 2 is 1.75 bits per heavy atom. The van der Waals surface area contributed by atoms with E-state index in [1.807, 2.05) is 0 Å². The van der Waals surface area contributed by atoms with Crippen LogP contribution in [0.2, 0.25) is 5.02 Å². The number of rotatable bonds is 3. The number of hydrogen-bond acceptors (Lipinski definition) is 4. The predicted molar refractivity (Wildman–Crippen MR) is 94.5 cm³/mol. The molecule has 0 spiro atoms. The molecule has 1 aliphatic carbocycles. The first-order valence-corrected chi connectivity index (χ1v) is 8.48. The lowest BCUT2D eigenvalue weighted by atomic mass is 9.99. The number of benzene rings is 1. The van der Waals surface area contributed by atoms with Crippen molar-refractivity contribution in [1.29, 1.82) is 0 Å². The van der Waals surface area contributed by atoms with Crippen molar-refractivity contribution >= 4 is 34.8 Å². The molecule has 1 aromatic carbocycles. The number of carbonyl (C=O) groups is 2. The summed E-state index contributed by atoms with van der Waals surface area (Å²) in [5.41, 5.74) is 3.70. The third kappa shape index (κ3) is 5.53. The number of amides is 2. The van der Waals surface area contributed by atoms with Crippen LogP contribution in [0.1, 0.15) is 44.9 Å². The van der Waals surface area contributed by atoms with Crippen LogP contribution >= 0.6 is 11.6 Å². The summed E-state index contributed by atoms with van der Waals surface area (Å²) in [5.74, 6) is -1.09. The van der Waals surface area contributed by atoms with Gasteiger partial charge in [-0.3, -0.25) is 9.59 Å². The second-order valence-electron chi connectivity index (χ2n) is 5.69. The Morgan fingerprint density at radius 3 is 2.38 bits per heavy atom. The van der Waals surface area contributed by atoms with Crippen molar-refractivity contribution in [2.24, 2.45) is 5.10 Å². The van der Waals surface area contributed by atoms with Gasteiger partial charge in [0.05, 0.1) is 12.1 Å². The molecule has 2 rings (SSSR count). The highest BCUT2D eigenvalue weighted by molar-refractivity contribution is 6.40. The highest BCUT2D eigenvalue weighted by Gasteiger charge is 2.14. The van der Waals surface area contributed by atoms with Gasteiger partial charge in [-0.2, -0.15) is 5.10 Å². The zero-order valence-corrected chi connectivity index (χ0v) is 14.5. The molecule has 0 aliphatic heterocycles. The minimum absolute atomic E-state index is 0.352. The predicted octanol–water partition coefficient (Wildman–Crippen LogP) is 3.50. The molecule has 0 radical (unpaired) electrons. The van der Waals surface area contributed by atoms with Crippen LogP contribution in [0.15, 0.2) is 23.3 Å². The quantitative estimate of drug-likeness (QED) is 0.646. The molecule has 2 amide bonds. The summed E-state index contributed by atoms with van der Waals surface area (Å²) in [6.07, 6.45) is 7.52. The number of nitrogens with zero attached hydrogens (tertiary/aromatic N) is 1. The third-order valence-electron chi connectivity index (χ3n) is 3.86. The second kappa shape index (κ2) is 9.27. The average Bonchev–Trinajstić information content (AvgIpc) is 2.53. The molecule has 0 unspecified atom stereocenters. The van der Waals surface area contributed by atoms with E-state index in [1.54, 1.807) is 12.1 Å². The Morgan fingerprint density at radius 1 is 1.08 bits per heavy atom. The summed E-state index contributed by atoms with van der Waals surface area (Å²) in [4.78, 5) is 23.8. The SMILES string of the molecule is COc1ccc(NC(=O)C(=O)NN=C2CCCCCCC2)cc1Cl. The van der Waals surface area contributed by atoms with Crippen LogP contribution in [0.4, 0.5) is 5.69 Å². The van der Waals surface area contributed by atoms with Gasteiger partial charge >= 0.3 is 11.8 Å². The zero-order valence-electron chi connectivity index (χ0n) is 13.7. The first-order chi connectivity index (χ1) is 11.6. The summed E-state index contributed by atoms with van der Waals surface area (Å²) in [5, 5.41) is 6.94. The molecule has 1 fully saturated rings. The van der Waals surface area contributed by atoms with E-state index in [1.165, 1.54) is 32.4 Å². The van der Waals surface area contributed by atoms with Gasteiger partial charge in [0.15, 0.2) is 0 Å². The molecule has 0 aromatic heterocycles. The summed E-state index contributed by atoms with van der Waals surface area (Å²) in [6.45, 7) is 0. The highest BCUT2D eigenvalue weighted by atomic mass is 35.5. The van der Waals surface area contributed by atoms with Crippen molar-refractivity contribution in [2.75, 3.05) is 12.4 Å². The number of hydrazone groups is 1. The molecule has 1 saturated carbocycles. The Balaban J connectivity index is 1.89. The maximum atomic E-state index is 11.9. The van der Waals surface area contributed by atoms with Gasteiger partial charge in [-0.25, -0.2) is 5.43 Å². The van der Waals surface area contributed by atoms with Crippen molar-refractivity contribution in [3.63, 3.8) is 0 Å². The van der Waals surface area contributed by atoms with Crippen LogP contribution in [0.5, 0.6) is 5.75 Å². The smallest absolute Gasteiger partial charge is 0.329 e. The maximum absolute atomic E-state index is 11.9. The van der Waals surface area contributed by atoms with Gasteiger partial charge in [-0.05, 0) is 43.9 Å². The minimum Gasteiger partial charge on any atom is -0.495 e. The molecule has 0 bridgehead atoms. The number of carbonyl (C=O) groups excluding carboxylic acids is 2. The van der Waals surface area contributed by atoms with E-state index in [4.69, 9.17) is 16.3 Å². The molecule has 1 aromatic rings. The van der Waals surface area contributed by atoms with E-state index in [0.717, 1.165) is 31.4 Å². The Kier molecular flexibility index (Phi) is 7.06. The van der Waals surface area contributed by atoms with Crippen LogP contribution in [0.25, 0.3) is 0 Å². The van der Waals surface area contributed by atoms with Gasteiger partial charge < -0.3 is 10.1 Å². The topological polar surface area (TPSA) is 79.8 Å². The number of methoxy groups -OCH3 is 1. The third-order valence-corrected chi connectivity index (χ3v) is 4.16. The number of hydrogen-bond donors (Lipinski definition) is 2. The lowest BCUT2D eigenvalue weighted by Crippen LogP contribution is -2.33. The van der Waals surface area contributed by atoms with E-state index in [-0.39, 0.29) is 0 Å². The molecule has 0 saturated heterocycles. The molecular weight excluding hydrogens is 330 g/mol. The van der Waals surface area contributed by atoms with Crippen LogP contribution in [0.3, 0.4) is 0 Å². The van der Waals surface area contributed by atoms with Gasteiger partial charge in [0.25, 0.3) is 0 Å². The van der Waals surface area contributed by atoms with Gasteiger partial charge in [0.1, 0.15) is 5.75 Å². The van der Waals surface area contributed by atoms with Gasteiger partial charge in [-0.15, -0.1) is 0 Å². The number of anilines is 1. The van der Waals surface area contributed by atoms with Crippen molar-refractivity contribution in [3.05, 3.63) is 23.2 Å². The molecule has 6 nitrogen and oxygen atoms in total. The fourth-order valence-corrected chi connectivity index (χ4v) is 2.80. The number of ether oxygens (including phenoxy) is 1. The summed E-state index contributed by atoms with van der Waals surface area (Å²) >= 11 is 5.99. The lowest BCUT2D eigenvalue weighted by Gasteiger charge is -2.11. The van der Waals surface area contributed by atoms with E-state index in [9.17, 15) is 9.59 Å². The van der Waals surface area contributed by atoms with Crippen LogP contribution in [-0.2, 0) is 9.59 Å². The fraction of sp³-hybridized carbons (Fsp3) is 0.471. The van der Waals surface area contributed by atoms with E-state index in [2.05, 4.69) is 15.8 Å². The average molecular weight is 352 g/mol. The van der Waals surface area contributed by atoms with E-state index in [0.29, 0.717) is 16.5 Å². The molecule has 0 atom stereocenters. The summed E-state index contributed by atoms with van der Waals surface area (Å²) < 4.78 is 5.04. The molecule has 0 heterocycles. The van der Waals surface area contributed by atoms with Crippen LogP contribution in [-0.4, -0.2) is 24.6 Å². The van der Waals surface area contributed by atoms with Gasteiger partial charge in [-0.1, -0.05) is 30.9 Å². The number of nitrogens with one attached hydrogen (secondary N) is 2. The Labute approximate surface area is 146 Å². The van der Waals surface area contributed by atoms with Crippen LogP contribution < -0.4 is 15.5 Å². The monoisotopic (exact) mass is 351 g/mol. The first-order valence-electron chi connectivity index (χ1n) is 8.10. The fourth-order valence-electron chi connectivity index (χ4n) is 2.54. The second-order valence-corrected chi connectivity index (χ2v) is 6.10. The van der Waals surface area contributed by atoms with Gasteiger partial charge in [0, 0.05) is 11.4 Å². The molecular formula is C17H22ClN3O3. The minimum atomic E-state index is -0.795. The summed E-state index contributed by atoms with van der Waals surface area (Å²) in [7, 11) is 1.50.